The van der Waals surface area contributed by atoms with Crippen LogP contribution in [0, 0.1) is 41.5 Å². The summed E-state index contributed by atoms with van der Waals surface area (Å²) in [5, 5.41) is 34.1. The fraction of sp³-hybridized carbons (Fsp3) is 0.509. The van der Waals surface area contributed by atoms with E-state index in [2.05, 4.69) is 25.8 Å². The summed E-state index contributed by atoms with van der Waals surface area (Å²) < 4.78 is 39.3. The van der Waals surface area contributed by atoms with Crippen molar-refractivity contribution in [3.8, 4) is 62.7 Å². The number of piperidine rings is 1. The van der Waals surface area contributed by atoms with Crippen LogP contribution in [0.2, 0.25) is 0 Å². The second kappa shape index (κ2) is 27.7. The van der Waals surface area contributed by atoms with Gasteiger partial charge in [0.2, 0.25) is 5.88 Å². The van der Waals surface area contributed by atoms with Crippen LogP contribution in [-0.4, -0.2) is 157 Å². The lowest BCUT2D eigenvalue weighted by Crippen LogP contribution is -2.49. The van der Waals surface area contributed by atoms with Crippen molar-refractivity contribution in [1.82, 2.24) is 45.8 Å². The first-order valence-corrected chi connectivity index (χ1v) is 25.7. The molecule has 75 heavy (non-hydrogen) atoms. The van der Waals surface area contributed by atoms with Crippen LogP contribution >= 0.6 is 0 Å². The van der Waals surface area contributed by atoms with Gasteiger partial charge in [0.1, 0.15) is 60.4 Å². The fourth-order valence-electron chi connectivity index (χ4n) is 8.94. The second-order valence-electron chi connectivity index (χ2n) is 18.4. The van der Waals surface area contributed by atoms with Gasteiger partial charge in [0.25, 0.3) is 0 Å². The number of ether oxygens (including phenoxy) is 5. The molecule has 3 unspecified atom stereocenters. The maximum Gasteiger partial charge on any atom is 0.409 e. The number of aromatic nitrogens is 6. The Labute approximate surface area is 440 Å². The molecule has 2 fully saturated rings. The smallest absolute Gasteiger partial charge is 0.409 e. The first kappa shape index (κ1) is 57.6. The zero-order valence-electron chi connectivity index (χ0n) is 45.7. The summed E-state index contributed by atoms with van der Waals surface area (Å²) in [5.41, 5.74) is 8.02. The Balaban J connectivity index is 0.000000238. The van der Waals surface area contributed by atoms with Gasteiger partial charge >= 0.3 is 6.09 Å². The zero-order chi connectivity index (χ0) is 54.2. The predicted molar refractivity (Wildman–Crippen MR) is 286 cm³/mol. The highest BCUT2D eigenvalue weighted by Crippen LogP contribution is 2.38. The van der Waals surface area contributed by atoms with E-state index in [9.17, 15) is 15.0 Å². The molecule has 2 aromatic carbocycles. The van der Waals surface area contributed by atoms with Crippen LogP contribution in [0.1, 0.15) is 73.6 Å². The molecule has 0 aliphatic carbocycles. The third-order valence-electron chi connectivity index (χ3n) is 12.9. The van der Waals surface area contributed by atoms with Crippen molar-refractivity contribution in [1.29, 1.82) is 0 Å². The fourth-order valence-corrected chi connectivity index (χ4v) is 8.94. The van der Waals surface area contributed by atoms with Crippen LogP contribution in [0.3, 0.4) is 0 Å². The van der Waals surface area contributed by atoms with Gasteiger partial charge in [-0.15, -0.1) is 0 Å². The van der Waals surface area contributed by atoms with Crippen molar-refractivity contribution in [2.75, 3.05) is 85.8 Å². The summed E-state index contributed by atoms with van der Waals surface area (Å²) in [4.78, 5) is 35.8. The van der Waals surface area contributed by atoms with Crippen LogP contribution < -0.4 is 29.7 Å². The first-order chi connectivity index (χ1) is 36.2. The van der Waals surface area contributed by atoms with Crippen molar-refractivity contribution < 1.29 is 47.7 Å². The number of carbonyl (C=O) groups excluding carboxylic acids is 1. The molecule has 0 radical (unpaired) electrons. The zero-order valence-corrected chi connectivity index (χ0v) is 45.7. The van der Waals surface area contributed by atoms with Gasteiger partial charge in [-0.25, -0.2) is 19.7 Å². The van der Waals surface area contributed by atoms with Gasteiger partial charge in [-0.3, -0.25) is 0 Å². The van der Waals surface area contributed by atoms with Gasteiger partial charge in [0.15, 0.2) is 11.6 Å². The van der Waals surface area contributed by atoms with E-state index in [0.717, 1.165) is 94.2 Å². The van der Waals surface area contributed by atoms with Gasteiger partial charge in [0.05, 0.1) is 60.3 Å². The normalized spacial score (nSPS) is 15.4. The number of nitrogens with one attached hydrogen (secondary N) is 2. The lowest BCUT2D eigenvalue weighted by molar-refractivity contribution is 0.0234. The number of aliphatic hydroxyl groups is 2. The molecule has 0 bridgehead atoms. The third kappa shape index (κ3) is 14.8. The monoisotopic (exact) mass is 1040 g/mol. The van der Waals surface area contributed by atoms with Crippen LogP contribution in [0.15, 0.2) is 57.6 Å². The minimum Gasteiger partial charge on any atom is -0.491 e. The summed E-state index contributed by atoms with van der Waals surface area (Å²) in [7, 11) is 6.74. The average molecular weight is 1040 g/mol. The number of amides is 1. The molecule has 0 saturated carbocycles. The van der Waals surface area contributed by atoms with E-state index in [1.54, 1.807) is 26.0 Å². The van der Waals surface area contributed by atoms with Gasteiger partial charge in [-0.05, 0) is 92.7 Å². The van der Waals surface area contributed by atoms with Crippen LogP contribution in [0.4, 0.5) is 10.6 Å². The standard InChI is InChI=1S/C28H38N6O5.C25H32N4O5.C2H6/c1-17-25(24-18(2)32-39-19(24)3)30-26(20-9-7-11-23(13-20)38-16-22(35)14-29-4)31-27(17)34-12-8-10-21(15-34)33(5)28(36)37-6;1-15-23(22-16(2)29-34-17(22)3)27-24(28-25(15)33-20-8-10-31-11-9-20)18-6-5-7-21(12-18)32-14-19(30)13-26-4;1-2/h7,9,11,13,21-22,29,35H,8,10,12,14-16H2,1-6H3;5-7,12,19-20,26,30H,8-11,13-14H2,1-4H3;1-2H3. The molecule has 20 heteroatoms. The highest BCUT2D eigenvalue weighted by molar-refractivity contribution is 5.76. The van der Waals surface area contributed by atoms with Crippen molar-refractivity contribution in [2.24, 2.45) is 0 Å². The lowest BCUT2D eigenvalue weighted by Gasteiger charge is -2.38. The van der Waals surface area contributed by atoms with E-state index in [-0.39, 0.29) is 31.5 Å². The Kier molecular flexibility index (Phi) is 21.3. The molecule has 4 aromatic heterocycles. The molecule has 0 spiro atoms. The van der Waals surface area contributed by atoms with Gasteiger partial charge < -0.3 is 63.4 Å². The summed E-state index contributed by atoms with van der Waals surface area (Å²) >= 11 is 0. The van der Waals surface area contributed by atoms with Gasteiger partial charge in [0, 0.05) is 68.3 Å². The molecule has 406 valence electrons. The molecule has 6 heterocycles. The van der Waals surface area contributed by atoms with E-state index in [4.69, 9.17) is 52.7 Å². The number of rotatable bonds is 18. The molecule has 1 amide bonds. The molecule has 6 aromatic rings. The molecule has 3 atom stereocenters. The molecule has 2 aliphatic heterocycles. The van der Waals surface area contributed by atoms with Gasteiger partial charge in [-0.1, -0.05) is 48.4 Å². The molecule has 20 nitrogen and oxygen atoms in total. The van der Waals surface area contributed by atoms with Crippen LogP contribution in [0.25, 0.3) is 45.3 Å². The van der Waals surface area contributed by atoms with E-state index in [1.807, 2.05) is 104 Å². The number of hydrogen-bond acceptors (Lipinski definition) is 19. The summed E-state index contributed by atoms with van der Waals surface area (Å²) in [6.07, 6.45) is 1.89. The number of benzene rings is 2. The number of aliphatic hydroxyl groups excluding tert-OH is 2. The number of carbonyl (C=O) groups is 1. The highest BCUT2D eigenvalue weighted by atomic mass is 16.5. The molecule has 2 aliphatic rings. The summed E-state index contributed by atoms with van der Waals surface area (Å²) in [5.74, 6) is 5.02. The quantitative estimate of drug-likeness (QED) is 0.0648. The lowest BCUT2D eigenvalue weighted by atomic mass is 10.0. The Morgan fingerprint density at radius 1 is 0.760 bits per heavy atom. The number of methoxy groups -OCH3 is 1. The SMILES string of the molecule is CC.CNCC(O)COc1cccc(-c2nc(-c3c(C)noc3C)c(C)c(N3CCCC(N(C)C(=O)OC)C3)n2)c1.CNCC(O)COc1cccc(-c2nc(OC3CCOCC3)c(C)c(-c3c(C)noc3C)n2)c1. The summed E-state index contributed by atoms with van der Waals surface area (Å²) in [6.45, 7) is 19.5. The minimum atomic E-state index is -0.623. The third-order valence-corrected chi connectivity index (χ3v) is 12.9. The molecular weight excluding hydrogens is 961 g/mol. The molecule has 4 N–H and O–H groups in total. The number of anilines is 1. The van der Waals surface area contributed by atoms with Crippen LogP contribution in [-0.2, 0) is 9.47 Å². The maximum absolute atomic E-state index is 12.2. The Morgan fingerprint density at radius 3 is 1.77 bits per heavy atom. The van der Waals surface area contributed by atoms with Crippen LogP contribution in [0.5, 0.6) is 17.4 Å². The highest BCUT2D eigenvalue weighted by Gasteiger charge is 2.31. The van der Waals surface area contributed by atoms with Crippen molar-refractivity contribution in [3.63, 3.8) is 0 Å². The van der Waals surface area contributed by atoms with E-state index < -0.39 is 12.2 Å². The van der Waals surface area contributed by atoms with E-state index in [1.165, 1.54) is 7.11 Å². The molecule has 2 saturated heterocycles. The minimum absolute atomic E-state index is 0.00713. The van der Waals surface area contributed by atoms with Crippen molar-refractivity contribution in [3.05, 3.63) is 82.6 Å². The number of likely N-dealkylation sites (N-methyl/N-ethyl adjacent to an activating group) is 3. The topological polar surface area (TPSA) is 238 Å². The molecular formula is C55H76N10O10. The predicted octanol–water partition coefficient (Wildman–Crippen LogP) is 7.62. The maximum atomic E-state index is 12.2. The summed E-state index contributed by atoms with van der Waals surface area (Å²) in [6, 6.07) is 15.1. The van der Waals surface area contributed by atoms with E-state index in [0.29, 0.717) is 73.4 Å². The second-order valence-corrected chi connectivity index (χ2v) is 18.4. The van der Waals surface area contributed by atoms with Crippen molar-refractivity contribution >= 4 is 11.9 Å². The van der Waals surface area contributed by atoms with Gasteiger partial charge in [-0.2, -0.15) is 4.98 Å². The average Bonchev–Trinajstić information content (AvgIpc) is 3.96. The largest absolute Gasteiger partial charge is 0.491 e. The molecule has 8 rings (SSSR count). The Hall–Kier alpha value is -6.71. The van der Waals surface area contributed by atoms with Crippen molar-refractivity contribution in [2.45, 2.75) is 105 Å². The number of aryl methyl sites for hydroxylation is 4. The first-order valence-electron chi connectivity index (χ1n) is 25.7. The van der Waals surface area contributed by atoms with E-state index >= 15 is 0 Å². The number of hydrogen-bond donors (Lipinski definition) is 4. The number of nitrogens with zero attached hydrogens (tertiary/aromatic N) is 8. The Morgan fingerprint density at radius 2 is 1.28 bits per heavy atom. The Bertz CT molecular complexity index is 2740.